The molecule has 0 rings (SSSR count). The van der Waals surface area contributed by atoms with Crippen LogP contribution in [0.4, 0.5) is 0 Å². The van der Waals surface area contributed by atoms with E-state index in [0.717, 1.165) is 19.3 Å². The van der Waals surface area contributed by atoms with Crippen molar-refractivity contribution in [1.82, 2.24) is 0 Å². The molecule has 16 heavy (non-hydrogen) atoms. The molecule has 0 amide bonds. The van der Waals surface area contributed by atoms with Crippen LogP contribution in [-0.2, 0) is 20.8 Å². The molecule has 0 fully saturated rings. The van der Waals surface area contributed by atoms with Crippen molar-refractivity contribution in [2.24, 2.45) is 5.92 Å². The molecular weight excluding hydrogens is 228 g/mol. The van der Waals surface area contributed by atoms with Crippen molar-refractivity contribution in [2.75, 3.05) is 0 Å². The number of hydrogen-bond acceptors (Lipinski definition) is 3. The van der Waals surface area contributed by atoms with Gasteiger partial charge in [0, 0.05) is 18.8 Å². The summed E-state index contributed by atoms with van der Waals surface area (Å²) in [6.07, 6.45) is 3.42. The molecule has 0 saturated heterocycles. The Bertz CT molecular complexity index is 305. The van der Waals surface area contributed by atoms with Crippen molar-refractivity contribution < 1.29 is 18.9 Å². The first-order valence-electron chi connectivity index (χ1n) is 5.44. The number of carbonyl (C=O) groups excluding carboxylic acids is 1. The molecule has 4 nitrogen and oxygen atoms in total. The standard InChI is InChI=1S/C11H18O4S/c1-3-4-5-6-9(12)8(2)7-10(16-15)11(13)14/h8H,3-7H2,1-2H3,(H,13,14). The second-order valence-electron chi connectivity index (χ2n) is 3.84. The van der Waals surface area contributed by atoms with Crippen molar-refractivity contribution >= 4 is 27.9 Å². The highest BCUT2D eigenvalue weighted by molar-refractivity contribution is 7.68. The molecule has 0 spiro atoms. The summed E-state index contributed by atoms with van der Waals surface area (Å²) in [6.45, 7) is 3.73. The topological polar surface area (TPSA) is 71.4 Å². The molecule has 0 radical (unpaired) electrons. The number of carboxylic acids is 1. The summed E-state index contributed by atoms with van der Waals surface area (Å²) >= 11 is -0.0330. The summed E-state index contributed by atoms with van der Waals surface area (Å²) in [6, 6.07) is 0. The maximum absolute atomic E-state index is 11.6. The third-order valence-corrected chi connectivity index (χ3v) is 2.95. The first-order chi connectivity index (χ1) is 7.52. The Morgan fingerprint density at radius 2 is 1.94 bits per heavy atom. The highest BCUT2D eigenvalue weighted by Crippen LogP contribution is 2.10. The normalized spacial score (nSPS) is 11.9. The zero-order valence-electron chi connectivity index (χ0n) is 9.69. The first kappa shape index (κ1) is 15.0. The highest BCUT2D eigenvalue weighted by Gasteiger charge is 2.18. The largest absolute Gasteiger partial charge is 0.477 e. The minimum Gasteiger partial charge on any atom is -0.477 e. The quantitative estimate of drug-likeness (QED) is 0.522. The van der Waals surface area contributed by atoms with Crippen LogP contribution in [0.3, 0.4) is 0 Å². The van der Waals surface area contributed by atoms with Crippen LogP contribution in [0.25, 0.3) is 0 Å². The van der Waals surface area contributed by atoms with E-state index in [1.54, 1.807) is 6.92 Å². The predicted octanol–water partition coefficient (Wildman–Crippen LogP) is 1.63. The van der Waals surface area contributed by atoms with Gasteiger partial charge in [0.2, 0.25) is 0 Å². The van der Waals surface area contributed by atoms with Crippen LogP contribution >= 0.6 is 0 Å². The maximum atomic E-state index is 11.6. The highest BCUT2D eigenvalue weighted by atomic mass is 32.1. The van der Waals surface area contributed by atoms with Crippen LogP contribution in [0.15, 0.2) is 0 Å². The summed E-state index contributed by atoms with van der Waals surface area (Å²) in [5, 5.41) is 8.65. The van der Waals surface area contributed by atoms with E-state index in [1.807, 2.05) is 0 Å². The smallest absolute Gasteiger partial charge is 0.344 e. The second kappa shape index (κ2) is 8.21. The van der Waals surface area contributed by atoms with Crippen molar-refractivity contribution in [2.45, 2.75) is 46.0 Å². The van der Waals surface area contributed by atoms with Gasteiger partial charge in [-0.25, -0.2) is 9.00 Å². The molecule has 0 aliphatic carbocycles. The summed E-state index contributed by atoms with van der Waals surface area (Å²) in [5.74, 6) is -1.54. The molecule has 0 heterocycles. The Kier molecular flexibility index (Phi) is 7.72. The number of aliphatic carboxylic acids is 1. The van der Waals surface area contributed by atoms with E-state index >= 15 is 0 Å². The zero-order chi connectivity index (χ0) is 12.6. The molecule has 0 saturated carbocycles. The Balaban J connectivity index is 4.14. The average molecular weight is 246 g/mol. The Hall–Kier alpha value is -0.970. The van der Waals surface area contributed by atoms with Crippen LogP contribution < -0.4 is 0 Å². The van der Waals surface area contributed by atoms with E-state index in [-0.39, 0.29) is 34.2 Å². The minimum atomic E-state index is -1.21. The van der Waals surface area contributed by atoms with Crippen molar-refractivity contribution in [3.05, 3.63) is 0 Å². The molecule has 1 unspecified atom stereocenters. The van der Waals surface area contributed by atoms with Crippen LogP contribution in [0.2, 0.25) is 0 Å². The van der Waals surface area contributed by atoms with Gasteiger partial charge in [-0.3, -0.25) is 4.79 Å². The van der Waals surface area contributed by atoms with Crippen molar-refractivity contribution in [3.63, 3.8) is 0 Å². The second-order valence-corrected chi connectivity index (χ2v) is 4.50. The van der Waals surface area contributed by atoms with Gasteiger partial charge in [0.1, 0.15) is 10.6 Å². The van der Waals surface area contributed by atoms with Gasteiger partial charge >= 0.3 is 5.97 Å². The number of carboxylic acid groups (broad SMARTS) is 1. The Morgan fingerprint density at radius 3 is 2.38 bits per heavy atom. The fourth-order valence-electron chi connectivity index (χ4n) is 1.34. The number of rotatable bonds is 8. The molecule has 0 aliphatic rings. The number of unbranched alkanes of at least 4 members (excludes halogenated alkanes) is 2. The van der Waals surface area contributed by atoms with Gasteiger partial charge in [0.15, 0.2) is 0 Å². The zero-order valence-corrected chi connectivity index (χ0v) is 10.5. The SMILES string of the molecule is CCCCCC(=O)C(C)CC(=S=O)C(=O)O. The van der Waals surface area contributed by atoms with Crippen LogP contribution in [0.5, 0.6) is 0 Å². The number of Topliss-reactive ketones (excluding diaryl/α,β-unsaturated/α-hetero) is 1. The number of carbonyl (C=O) groups is 2. The van der Waals surface area contributed by atoms with Gasteiger partial charge in [0.25, 0.3) is 0 Å². The van der Waals surface area contributed by atoms with E-state index < -0.39 is 5.97 Å². The molecule has 0 aliphatic heterocycles. The van der Waals surface area contributed by atoms with E-state index in [9.17, 15) is 13.8 Å². The van der Waals surface area contributed by atoms with E-state index in [4.69, 9.17) is 5.11 Å². The van der Waals surface area contributed by atoms with Crippen molar-refractivity contribution in [3.8, 4) is 0 Å². The lowest BCUT2D eigenvalue weighted by atomic mass is 9.96. The van der Waals surface area contributed by atoms with Crippen LogP contribution in [0.1, 0.15) is 46.0 Å². The summed E-state index contributed by atoms with van der Waals surface area (Å²) in [4.78, 5) is 22.0. The van der Waals surface area contributed by atoms with Gasteiger partial charge in [-0.1, -0.05) is 26.7 Å². The Morgan fingerprint density at radius 1 is 1.31 bits per heavy atom. The fraction of sp³-hybridized carbons (Fsp3) is 0.727. The van der Waals surface area contributed by atoms with Crippen LogP contribution in [-0.4, -0.2) is 25.9 Å². The van der Waals surface area contributed by atoms with Gasteiger partial charge in [0.05, 0.1) is 11.3 Å². The lowest BCUT2D eigenvalue weighted by Crippen LogP contribution is -2.21. The van der Waals surface area contributed by atoms with Crippen molar-refractivity contribution in [1.29, 1.82) is 0 Å². The molecule has 1 atom stereocenters. The minimum absolute atomic E-state index is 0.0330. The van der Waals surface area contributed by atoms with E-state index in [0.29, 0.717) is 6.42 Å². The third kappa shape index (κ3) is 5.80. The molecule has 92 valence electrons. The molecule has 0 aromatic heterocycles. The molecule has 0 aromatic carbocycles. The fourth-order valence-corrected chi connectivity index (χ4v) is 1.73. The molecular formula is C11H18O4S. The first-order valence-corrected chi connectivity index (χ1v) is 6.18. The third-order valence-electron chi connectivity index (χ3n) is 2.41. The molecule has 1 N–H and O–H groups in total. The lowest BCUT2D eigenvalue weighted by Gasteiger charge is -2.08. The number of ketones is 1. The van der Waals surface area contributed by atoms with Gasteiger partial charge < -0.3 is 5.11 Å². The monoisotopic (exact) mass is 246 g/mol. The summed E-state index contributed by atoms with van der Waals surface area (Å²) < 4.78 is 10.5. The molecule has 0 bridgehead atoms. The van der Waals surface area contributed by atoms with Gasteiger partial charge in [-0.15, -0.1) is 0 Å². The van der Waals surface area contributed by atoms with E-state index in [1.165, 1.54) is 0 Å². The number of hydrogen-bond donors (Lipinski definition) is 1. The Labute approximate surface area is 99.1 Å². The molecule has 5 heteroatoms. The van der Waals surface area contributed by atoms with Gasteiger partial charge in [-0.05, 0) is 6.42 Å². The maximum Gasteiger partial charge on any atom is 0.344 e. The summed E-state index contributed by atoms with van der Waals surface area (Å²) in [7, 11) is 0. The predicted molar refractivity (Wildman–Crippen MR) is 63.7 cm³/mol. The molecule has 0 aromatic rings. The summed E-state index contributed by atoms with van der Waals surface area (Å²) in [5.41, 5.74) is 0. The average Bonchev–Trinajstić information content (AvgIpc) is 2.25. The van der Waals surface area contributed by atoms with Crippen LogP contribution in [0, 0.1) is 5.92 Å². The van der Waals surface area contributed by atoms with Gasteiger partial charge in [-0.2, -0.15) is 0 Å². The lowest BCUT2D eigenvalue weighted by molar-refractivity contribution is -0.129. The van der Waals surface area contributed by atoms with E-state index in [2.05, 4.69) is 6.92 Å².